The van der Waals surface area contributed by atoms with Crippen molar-refractivity contribution in [3.05, 3.63) is 41.0 Å². The second-order valence-electron chi connectivity index (χ2n) is 8.62. The molecule has 0 radical (unpaired) electrons. The maximum absolute atomic E-state index is 12.9. The van der Waals surface area contributed by atoms with Gasteiger partial charge in [-0.15, -0.1) is 0 Å². The van der Waals surface area contributed by atoms with E-state index in [0.29, 0.717) is 11.1 Å². The number of piperazine rings is 1. The lowest BCUT2D eigenvalue weighted by Gasteiger charge is -2.39. The molecule has 1 aromatic rings. The first-order valence-electron chi connectivity index (χ1n) is 10.0. The van der Waals surface area contributed by atoms with Crippen LogP contribution in [0.3, 0.4) is 0 Å². The first-order valence-corrected chi connectivity index (χ1v) is 10.0. The molecule has 2 aliphatic rings. The SMILES string of the molecule is CC1=C(CCN2CCN(c3cccc(C(F)(F)F)c3)CC2)C(C)(C)CCC1. The molecule has 0 unspecified atom stereocenters. The van der Waals surface area contributed by atoms with Crippen LogP contribution >= 0.6 is 0 Å². The predicted molar refractivity (Wildman–Crippen MR) is 105 cm³/mol. The van der Waals surface area contributed by atoms with Crippen molar-refractivity contribution in [2.24, 2.45) is 5.41 Å². The summed E-state index contributed by atoms with van der Waals surface area (Å²) < 4.78 is 38.8. The van der Waals surface area contributed by atoms with Crippen LogP contribution in [0.5, 0.6) is 0 Å². The van der Waals surface area contributed by atoms with Crippen molar-refractivity contribution in [1.29, 1.82) is 0 Å². The molecule has 0 spiro atoms. The van der Waals surface area contributed by atoms with Crippen LogP contribution < -0.4 is 4.90 Å². The Morgan fingerprint density at radius 3 is 2.41 bits per heavy atom. The van der Waals surface area contributed by atoms with Gasteiger partial charge in [0.15, 0.2) is 0 Å². The number of halogens is 3. The number of hydrogen-bond donors (Lipinski definition) is 0. The third-order valence-electron chi connectivity index (χ3n) is 6.27. The molecular weight excluding hydrogens is 349 g/mol. The Morgan fingerprint density at radius 1 is 1.07 bits per heavy atom. The van der Waals surface area contributed by atoms with Crippen molar-refractivity contribution in [2.45, 2.75) is 52.6 Å². The Labute approximate surface area is 161 Å². The van der Waals surface area contributed by atoms with Crippen LogP contribution in [-0.2, 0) is 6.18 Å². The van der Waals surface area contributed by atoms with E-state index in [1.54, 1.807) is 17.2 Å². The molecule has 150 valence electrons. The lowest BCUT2D eigenvalue weighted by Crippen LogP contribution is -2.47. The summed E-state index contributed by atoms with van der Waals surface area (Å²) in [6, 6.07) is 5.70. The van der Waals surface area contributed by atoms with E-state index >= 15 is 0 Å². The molecule has 3 rings (SSSR count). The van der Waals surface area contributed by atoms with Gasteiger partial charge in [-0.2, -0.15) is 13.2 Å². The minimum Gasteiger partial charge on any atom is -0.369 e. The summed E-state index contributed by atoms with van der Waals surface area (Å²) in [7, 11) is 0. The van der Waals surface area contributed by atoms with E-state index in [1.807, 2.05) is 0 Å². The van der Waals surface area contributed by atoms with Gasteiger partial charge in [0.1, 0.15) is 0 Å². The Morgan fingerprint density at radius 2 is 1.78 bits per heavy atom. The highest BCUT2D eigenvalue weighted by Gasteiger charge is 2.31. The number of hydrogen-bond acceptors (Lipinski definition) is 2. The minimum atomic E-state index is -4.28. The van der Waals surface area contributed by atoms with Crippen LogP contribution in [0, 0.1) is 5.41 Å². The van der Waals surface area contributed by atoms with E-state index < -0.39 is 11.7 Å². The summed E-state index contributed by atoms with van der Waals surface area (Å²) in [5.41, 5.74) is 3.60. The van der Waals surface area contributed by atoms with Crippen LogP contribution in [0.2, 0.25) is 0 Å². The lowest BCUT2D eigenvalue weighted by molar-refractivity contribution is -0.137. The largest absolute Gasteiger partial charge is 0.416 e. The molecule has 1 heterocycles. The molecule has 0 amide bonds. The first-order chi connectivity index (χ1) is 12.7. The maximum Gasteiger partial charge on any atom is 0.416 e. The molecule has 1 aliphatic carbocycles. The Bertz CT molecular complexity index is 683. The van der Waals surface area contributed by atoms with Gasteiger partial charge in [-0.3, -0.25) is 4.90 Å². The number of nitrogens with zero attached hydrogens (tertiary/aromatic N) is 2. The van der Waals surface area contributed by atoms with Crippen molar-refractivity contribution in [1.82, 2.24) is 4.90 Å². The topological polar surface area (TPSA) is 6.48 Å². The maximum atomic E-state index is 12.9. The molecule has 0 N–H and O–H groups in total. The number of benzene rings is 1. The summed E-state index contributed by atoms with van der Waals surface area (Å²) >= 11 is 0. The molecule has 2 nitrogen and oxygen atoms in total. The highest BCUT2D eigenvalue weighted by atomic mass is 19.4. The number of rotatable bonds is 4. The van der Waals surface area contributed by atoms with Crippen LogP contribution in [0.25, 0.3) is 0 Å². The third kappa shape index (κ3) is 4.87. The molecule has 5 heteroatoms. The molecule has 0 saturated carbocycles. The number of allylic oxidation sites excluding steroid dienone is 1. The Kier molecular flexibility index (Phi) is 5.90. The van der Waals surface area contributed by atoms with E-state index in [2.05, 4.69) is 30.6 Å². The summed E-state index contributed by atoms with van der Waals surface area (Å²) in [4.78, 5) is 4.52. The predicted octanol–water partition coefficient (Wildman–Crippen LogP) is 5.74. The molecule has 1 aromatic carbocycles. The van der Waals surface area contributed by atoms with Crippen molar-refractivity contribution < 1.29 is 13.2 Å². The summed E-state index contributed by atoms with van der Waals surface area (Å²) in [5, 5.41) is 0. The van der Waals surface area contributed by atoms with Crippen LogP contribution in [0.15, 0.2) is 35.4 Å². The van der Waals surface area contributed by atoms with Crippen LogP contribution in [0.4, 0.5) is 18.9 Å². The van der Waals surface area contributed by atoms with Gasteiger partial charge in [-0.25, -0.2) is 0 Å². The summed E-state index contributed by atoms with van der Waals surface area (Å²) in [5.74, 6) is 0. The smallest absolute Gasteiger partial charge is 0.369 e. The van der Waals surface area contributed by atoms with Crippen molar-refractivity contribution in [3.63, 3.8) is 0 Å². The van der Waals surface area contributed by atoms with E-state index in [-0.39, 0.29) is 0 Å². The first kappa shape index (κ1) is 20.2. The van der Waals surface area contributed by atoms with Gasteiger partial charge >= 0.3 is 6.18 Å². The number of anilines is 1. The minimum absolute atomic E-state index is 0.308. The summed E-state index contributed by atoms with van der Waals surface area (Å²) in [6.45, 7) is 11.4. The molecule has 1 fully saturated rings. The average Bonchev–Trinajstić information content (AvgIpc) is 2.61. The zero-order chi connectivity index (χ0) is 19.7. The van der Waals surface area contributed by atoms with E-state index in [4.69, 9.17) is 0 Å². The van der Waals surface area contributed by atoms with Gasteiger partial charge in [0.05, 0.1) is 5.56 Å². The molecule has 0 atom stereocenters. The molecule has 0 bridgehead atoms. The normalized spacial score (nSPS) is 21.6. The molecule has 1 aliphatic heterocycles. The average molecular weight is 380 g/mol. The second-order valence-corrected chi connectivity index (χ2v) is 8.62. The molecule has 27 heavy (non-hydrogen) atoms. The van der Waals surface area contributed by atoms with E-state index in [9.17, 15) is 13.2 Å². The lowest BCUT2D eigenvalue weighted by atomic mass is 9.71. The van der Waals surface area contributed by atoms with Gasteiger partial charge < -0.3 is 4.90 Å². The van der Waals surface area contributed by atoms with E-state index in [0.717, 1.165) is 45.2 Å². The highest BCUT2D eigenvalue weighted by Crippen LogP contribution is 2.41. The van der Waals surface area contributed by atoms with Gasteiger partial charge in [0.2, 0.25) is 0 Å². The molecule has 1 saturated heterocycles. The Hall–Kier alpha value is -1.49. The fourth-order valence-electron chi connectivity index (χ4n) is 4.61. The monoisotopic (exact) mass is 380 g/mol. The zero-order valence-corrected chi connectivity index (χ0v) is 16.7. The second kappa shape index (κ2) is 7.86. The van der Waals surface area contributed by atoms with Crippen molar-refractivity contribution in [3.8, 4) is 0 Å². The zero-order valence-electron chi connectivity index (χ0n) is 16.7. The highest BCUT2D eigenvalue weighted by molar-refractivity contribution is 5.49. The third-order valence-corrected chi connectivity index (χ3v) is 6.27. The van der Waals surface area contributed by atoms with Crippen molar-refractivity contribution >= 4 is 5.69 Å². The molecular formula is C22H31F3N2. The van der Waals surface area contributed by atoms with Crippen LogP contribution in [-0.4, -0.2) is 37.6 Å². The summed E-state index contributed by atoms with van der Waals surface area (Å²) in [6.07, 6.45) is 0.613. The van der Waals surface area contributed by atoms with Gasteiger partial charge in [-0.1, -0.05) is 31.1 Å². The fourth-order valence-corrected chi connectivity index (χ4v) is 4.61. The van der Waals surface area contributed by atoms with Gasteiger partial charge in [0, 0.05) is 38.4 Å². The number of alkyl halides is 3. The van der Waals surface area contributed by atoms with Gasteiger partial charge in [-0.05, 0) is 56.2 Å². The van der Waals surface area contributed by atoms with Crippen molar-refractivity contribution in [2.75, 3.05) is 37.6 Å². The van der Waals surface area contributed by atoms with Crippen LogP contribution in [0.1, 0.15) is 52.0 Å². The van der Waals surface area contributed by atoms with E-state index in [1.165, 1.54) is 31.4 Å². The quantitative estimate of drug-likeness (QED) is 0.614. The van der Waals surface area contributed by atoms with Gasteiger partial charge in [0.25, 0.3) is 0 Å². The molecule has 0 aromatic heterocycles. The standard InChI is InChI=1S/C22H31F3N2/c1-17-6-5-10-21(2,3)20(17)9-11-26-12-14-27(15-13-26)19-8-4-7-18(16-19)22(23,24)25/h4,7-8,16H,5-6,9-15H2,1-3H3. The Balaban J connectivity index is 1.55. The fraction of sp³-hybridized carbons (Fsp3) is 0.636.